The largest absolute Gasteiger partial charge is 0.417 e. The van der Waals surface area contributed by atoms with Crippen LogP contribution in [0.5, 0.6) is 0 Å². The number of nitriles is 1. The van der Waals surface area contributed by atoms with Crippen LogP contribution in [0.4, 0.5) is 18.9 Å². The lowest BCUT2D eigenvalue weighted by Crippen LogP contribution is -2.56. The fourth-order valence-corrected chi connectivity index (χ4v) is 4.16. The van der Waals surface area contributed by atoms with Crippen molar-refractivity contribution < 1.29 is 18.0 Å². The van der Waals surface area contributed by atoms with Gasteiger partial charge in [-0.25, -0.2) is 0 Å². The van der Waals surface area contributed by atoms with Gasteiger partial charge >= 0.3 is 6.18 Å². The number of anilines is 1. The van der Waals surface area contributed by atoms with Gasteiger partial charge in [-0.1, -0.05) is 0 Å². The summed E-state index contributed by atoms with van der Waals surface area (Å²) in [4.78, 5) is 15.9. The summed E-state index contributed by atoms with van der Waals surface area (Å²) in [5.41, 5.74) is -2.54. The third kappa shape index (κ3) is 3.28. The van der Waals surface area contributed by atoms with Crippen LogP contribution in [0, 0.1) is 11.3 Å². The van der Waals surface area contributed by atoms with Crippen LogP contribution in [-0.4, -0.2) is 34.2 Å². The molecule has 0 bridgehead atoms. The number of piperidine rings is 1. The Morgan fingerprint density at radius 3 is 2.59 bits per heavy atom. The number of carbonyl (C=O) groups excluding carboxylic acids is 1. The first-order chi connectivity index (χ1) is 12.6. The van der Waals surface area contributed by atoms with Gasteiger partial charge in [-0.3, -0.25) is 15.0 Å². The van der Waals surface area contributed by atoms with E-state index in [-0.39, 0.29) is 17.0 Å². The van der Waals surface area contributed by atoms with E-state index in [0.717, 1.165) is 42.8 Å². The smallest absolute Gasteiger partial charge is 0.319 e. The van der Waals surface area contributed by atoms with Gasteiger partial charge in [-0.05, 0) is 70.1 Å². The molecule has 1 N–H and O–H groups in total. The van der Waals surface area contributed by atoms with Crippen molar-refractivity contribution in [2.24, 2.45) is 0 Å². The average molecular weight is 396 g/mol. The molecule has 1 aromatic rings. The number of halogens is 3. The average Bonchev–Trinajstić information content (AvgIpc) is 2.79. The Morgan fingerprint density at radius 2 is 2.04 bits per heavy atom. The van der Waals surface area contributed by atoms with Crippen molar-refractivity contribution in [3.05, 3.63) is 29.3 Å². The second kappa shape index (κ2) is 6.77. The third-order valence-electron chi connectivity index (χ3n) is 5.01. The summed E-state index contributed by atoms with van der Waals surface area (Å²) >= 11 is 5.49. The van der Waals surface area contributed by atoms with E-state index in [4.69, 9.17) is 17.5 Å². The summed E-state index contributed by atoms with van der Waals surface area (Å²) in [5, 5.41) is 12.5. The zero-order valence-electron chi connectivity index (χ0n) is 14.9. The normalized spacial score (nSPS) is 22.9. The van der Waals surface area contributed by atoms with Crippen molar-refractivity contribution in [3.8, 4) is 6.07 Å². The first kappa shape index (κ1) is 19.6. The van der Waals surface area contributed by atoms with Crippen LogP contribution in [0.15, 0.2) is 18.2 Å². The van der Waals surface area contributed by atoms with E-state index in [2.05, 4.69) is 5.32 Å². The number of carbonyl (C=O) groups is 1. The summed E-state index contributed by atoms with van der Waals surface area (Å²) in [6.45, 7) is 4.22. The van der Waals surface area contributed by atoms with E-state index in [1.54, 1.807) is 24.8 Å². The van der Waals surface area contributed by atoms with Gasteiger partial charge in [0.15, 0.2) is 5.11 Å². The number of hydrogen-bond donors (Lipinski definition) is 1. The fourth-order valence-electron chi connectivity index (χ4n) is 3.62. The summed E-state index contributed by atoms with van der Waals surface area (Å²) in [7, 11) is 0. The Bertz CT molecular complexity index is 825. The van der Waals surface area contributed by atoms with Crippen LogP contribution in [0.1, 0.15) is 44.2 Å². The molecule has 2 saturated heterocycles. The van der Waals surface area contributed by atoms with Gasteiger partial charge in [-0.2, -0.15) is 18.4 Å². The SMILES string of the molecule is CC1(C)C(=O)N(c2ccc(C#N)c(C(F)(F)F)c2)C(=S)N1C1CCCCN1. The van der Waals surface area contributed by atoms with E-state index in [0.29, 0.717) is 0 Å². The Morgan fingerprint density at radius 1 is 1.33 bits per heavy atom. The molecule has 0 radical (unpaired) electrons. The van der Waals surface area contributed by atoms with E-state index in [9.17, 15) is 18.0 Å². The first-order valence-corrected chi connectivity index (χ1v) is 9.02. The second-order valence-electron chi connectivity index (χ2n) is 7.16. The van der Waals surface area contributed by atoms with Crippen molar-refractivity contribution in [2.75, 3.05) is 11.4 Å². The van der Waals surface area contributed by atoms with Gasteiger partial charge < -0.3 is 4.90 Å². The van der Waals surface area contributed by atoms with Crippen molar-refractivity contribution in [1.29, 1.82) is 5.26 Å². The van der Waals surface area contributed by atoms with Crippen LogP contribution >= 0.6 is 12.2 Å². The molecule has 144 valence electrons. The molecule has 5 nitrogen and oxygen atoms in total. The van der Waals surface area contributed by atoms with Crippen LogP contribution < -0.4 is 10.2 Å². The van der Waals surface area contributed by atoms with Crippen molar-refractivity contribution in [3.63, 3.8) is 0 Å². The quantitative estimate of drug-likeness (QED) is 0.777. The number of hydrogen-bond acceptors (Lipinski definition) is 4. The molecule has 9 heteroatoms. The van der Waals surface area contributed by atoms with Gasteiger partial charge in [0.05, 0.1) is 29.0 Å². The highest BCUT2D eigenvalue weighted by Crippen LogP contribution is 2.38. The number of thiocarbonyl (C=S) groups is 1. The molecule has 1 atom stereocenters. The molecule has 1 unspecified atom stereocenters. The Kier molecular flexibility index (Phi) is 4.91. The van der Waals surface area contributed by atoms with Crippen molar-refractivity contribution in [1.82, 2.24) is 10.2 Å². The Balaban J connectivity index is 2.03. The lowest BCUT2D eigenvalue weighted by Gasteiger charge is -2.39. The third-order valence-corrected chi connectivity index (χ3v) is 5.39. The molecule has 0 saturated carbocycles. The number of nitrogens with zero attached hydrogens (tertiary/aromatic N) is 3. The molecular formula is C18H19F3N4OS. The molecule has 3 rings (SSSR count). The predicted octanol–water partition coefficient (Wildman–Crippen LogP) is 3.39. The number of nitrogens with one attached hydrogen (secondary N) is 1. The first-order valence-electron chi connectivity index (χ1n) is 8.61. The standard InChI is InChI=1S/C18H19F3N4OS/c1-17(2)15(26)24(16(27)25(17)14-5-3-4-8-23-14)12-7-6-11(10-22)13(9-12)18(19,20)21/h6-7,9,14,23H,3-5,8H2,1-2H3. The van der Waals surface area contributed by atoms with Gasteiger partial charge in [0.2, 0.25) is 0 Å². The minimum atomic E-state index is -4.70. The highest BCUT2D eigenvalue weighted by molar-refractivity contribution is 7.80. The summed E-state index contributed by atoms with van der Waals surface area (Å²) in [6.07, 6.45) is -2.04. The number of alkyl halides is 3. The molecule has 0 aliphatic carbocycles. The van der Waals surface area contributed by atoms with Crippen LogP contribution in [0.3, 0.4) is 0 Å². The number of benzene rings is 1. The summed E-state index contributed by atoms with van der Waals surface area (Å²) in [6, 6.07) is 4.76. The molecule has 27 heavy (non-hydrogen) atoms. The maximum absolute atomic E-state index is 13.3. The molecular weight excluding hydrogens is 377 g/mol. The zero-order chi connectivity index (χ0) is 20.0. The maximum atomic E-state index is 13.3. The van der Waals surface area contributed by atoms with Gasteiger partial charge in [-0.15, -0.1) is 0 Å². The monoisotopic (exact) mass is 396 g/mol. The number of amides is 1. The minimum absolute atomic E-state index is 0.0164. The molecule has 2 fully saturated rings. The van der Waals surface area contributed by atoms with Crippen LogP contribution in [0.2, 0.25) is 0 Å². The topological polar surface area (TPSA) is 59.4 Å². The van der Waals surface area contributed by atoms with Gasteiger partial charge in [0, 0.05) is 0 Å². The highest BCUT2D eigenvalue weighted by Gasteiger charge is 2.52. The Hall–Kier alpha value is -2.18. The van der Waals surface area contributed by atoms with E-state index in [1.165, 1.54) is 6.07 Å². The van der Waals surface area contributed by atoms with Crippen LogP contribution in [0.25, 0.3) is 0 Å². The second-order valence-corrected chi connectivity index (χ2v) is 7.52. The van der Waals surface area contributed by atoms with Crippen molar-refractivity contribution >= 4 is 28.9 Å². The zero-order valence-corrected chi connectivity index (χ0v) is 15.7. The Labute approximate surface area is 160 Å². The van der Waals surface area contributed by atoms with E-state index in [1.807, 2.05) is 0 Å². The lowest BCUT2D eigenvalue weighted by molar-refractivity contribution is -0.137. The highest BCUT2D eigenvalue weighted by atomic mass is 32.1. The summed E-state index contributed by atoms with van der Waals surface area (Å²) in [5.74, 6) is -0.391. The molecule has 2 aliphatic rings. The lowest BCUT2D eigenvalue weighted by atomic mass is 10.0. The van der Waals surface area contributed by atoms with Crippen molar-refractivity contribution in [2.45, 2.75) is 51.0 Å². The molecule has 1 aromatic carbocycles. The number of rotatable bonds is 2. The van der Waals surface area contributed by atoms with E-state index < -0.39 is 28.7 Å². The van der Waals surface area contributed by atoms with E-state index >= 15 is 0 Å². The summed E-state index contributed by atoms with van der Waals surface area (Å²) < 4.78 is 39.9. The molecule has 0 spiro atoms. The van der Waals surface area contributed by atoms with Gasteiger partial charge in [0.25, 0.3) is 5.91 Å². The predicted molar refractivity (Wildman–Crippen MR) is 97.8 cm³/mol. The minimum Gasteiger partial charge on any atom is -0.319 e. The van der Waals surface area contributed by atoms with Crippen LogP contribution in [-0.2, 0) is 11.0 Å². The molecule has 2 heterocycles. The molecule has 0 aromatic heterocycles. The maximum Gasteiger partial charge on any atom is 0.417 e. The van der Waals surface area contributed by atoms with Gasteiger partial charge in [0.1, 0.15) is 5.54 Å². The molecule has 2 aliphatic heterocycles. The molecule has 1 amide bonds. The fraction of sp³-hybridized carbons (Fsp3) is 0.500.